The van der Waals surface area contributed by atoms with Gasteiger partial charge in [0.15, 0.2) is 0 Å². The van der Waals surface area contributed by atoms with Crippen LogP contribution in [0.15, 0.2) is 40.8 Å². The highest BCUT2D eigenvalue weighted by Gasteiger charge is 2.46. The Labute approximate surface area is 378 Å². The van der Waals surface area contributed by atoms with Gasteiger partial charge in [-0.1, -0.05) is 156 Å². The van der Waals surface area contributed by atoms with E-state index in [1.165, 1.54) is 193 Å². The van der Waals surface area contributed by atoms with Crippen molar-refractivity contribution in [1.82, 2.24) is 0 Å². The van der Waals surface area contributed by atoms with Gasteiger partial charge in [0.05, 0.1) is 4.70 Å². The Balaban J connectivity index is 1.10. The van der Waals surface area contributed by atoms with E-state index in [9.17, 15) is 0 Å². The van der Waals surface area contributed by atoms with Gasteiger partial charge < -0.3 is 13.9 Å². The highest BCUT2D eigenvalue weighted by Crippen LogP contribution is 2.59. The van der Waals surface area contributed by atoms with E-state index >= 15 is 0 Å². The minimum atomic E-state index is -0.522. The van der Waals surface area contributed by atoms with E-state index in [1.54, 1.807) is 4.88 Å². The number of aryl methyl sites for hydroxylation is 2. The van der Waals surface area contributed by atoms with Gasteiger partial charge in [-0.2, -0.15) is 0 Å². The van der Waals surface area contributed by atoms with E-state index in [0.29, 0.717) is 0 Å². The number of hydrogen-bond donors (Lipinski definition) is 0. The highest BCUT2D eigenvalue weighted by molar-refractivity contribution is 7.30. The van der Waals surface area contributed by atoms with Crippen molar-refractivity contribution in [2.45, 2.75) is 220 Å². The number of unbranched alkanes of at least 4 members (excludes halogenated alkanes) is 20. The van der Waals surface area contributed by atoms with Crippen molar-refractivity contribution >= 4 is 42.8 Å². The molecule has 0 spiro atoms. The highest BCUT2D eigenvalue weighted by atomic mass is 32.1. The smallest absolute Gasteiger partial charge is 0.141 e. The molecule has 2 unspecified atom stereocenters. The second kappa shape index (κ2) is 22.5. The van der Waals surface area contributed by atoms with Crippen LogP contribution in [0.5, 0.6) is 0 Å². The second-order valence-electron chi connectivity index (χ2n) is 19.1. The van der Waals surface area contributed by atoms with Crippen LogP contribution in [0.4, 0.5) is 0 Å². The molecule has 0 saturated heterocycles. The molecular formula is C56H80O3S2. The van der Waals surface area contributed by atoms with Gasteiger partial charge in [-0.05, 0) is 110 Å². The largest absolute Gasteiger partial charge is 0.461 e. The van der Waals surface area contributed by atoms with Gasteiger partial charge in [0.1, 0.15) is 22.7 Å². The van der Waals surface area contributed by atoms with E-state index in [-0.39, 0.29) is 0 Å². The molecule has 0 N–H and O–H groups in total. The van der Waals surface area contributed by atoms with Gasteiger partial charge in [-0.3, -0.25) is 0 Å². The van der Waals surface area contributed by atoms with Crippen molar-refractivity contribution in [2.75, 3.05) is 13.2 Å². The van der Waals surface area contributed by atoms with Crippen molar-refractivity contribution in [2.24, 2.45) is 0 Å². The third-order valence-corrected chi connectivity index (χ3v) is 16.7. The fourth-order valence-electron chi connectivity index (χ4n) is 10.3. The molecule has 2 aliphatic rings. The molecule has 3 nitrogen and oxygen atoms in total. The normalized spacial score (nSPS) is 17.8. The summed E-state index contributed by atoms with van der Waals surface area (Å²) in [4.78, 5) is 2.95. The van der Waals surface area contributed by atoms with Crippen LogP contribution < -0.4 is 0 Å². The predicted octanol–water partition coefficient (Wildman–Crippen LogP) is 18.8. The molecule has 61 heavy (non-hydrogen) atoms. The molecule has 3 aromatic heterocycles. The van der Waals surface area contributed by atoms with Crippen LogP contribution in [0.1, 0.15) is 229 Å². The fourth-order valence-corrected chi connectivity index (χ4v) is 13.2. The van der Waals surface area contributed by atoms with Gasteiger partial charge >= 0.3 is 0 Å². The summed E-state index contributed by atoms with van der Waals surface area (Å²) in [7, 11) is 0. The summed E-state index contributed by atoms with van der Waals surface area (Å²) in [5.74, 6) is 2.14. The van der Waals surface area contributed by atoms with Crippen molar-refractivity contribution in [3.05, 3.63) is 69.3 Å². The third kappa shape index (κ3) is 10.6. The summed E-state index contributed by atoms with van der Waals surface area (Å²) < 4.78 is 23.7. The molecule has 334 valence electrons. The van der Waals surface area contributed by atoms with Crippen LogP contribution in [-0.2, 0) is 33.5 Å². The van der Waals surface area contributed by atoms with Gasteiger partial charge in [0.2, 0.25) is 0 Å². The first kappa shape index (κ1) is 46.5. The molecule has 5 heteroatoms. The molecule has 2 atom stereocenters. The lowest BCUT2D eigenvalue weighted by Gasteiger charge is -2.28. The van der Waals surface area contributed by atoms with Crippen molar-refractivity contribution < 1.29 is 13.9 Å². The van der Waals surface area contributed by atoms with E-state index in [4.69, 9.17) is 13.9 Å². The summed E-state index contributed by atoms with van der Waals surface area (Å²) in [6.07, 6.45) is 33.9. The van der Waals surface area contributed by atoms with Crippen molar-refractivity contribution in [1.29, 1.82) is 0 Å². The van der Waals surface area contributed by atoms with Crippen LogP contribution >= 0.6 is 22.7 Å². The zero-order valence-electron chi connectivity index (χ0n) is 39.3. The van der Waals surface area contributed by atoms with E-state index in [1.807, 2.05) is 22.7 Å². The lowest BCUT2D eigenvalue weighted by Crippen LogP contribution is -2.25. The first-order valence-corrected chi connectivity index (χ1v) is 27.1. The summed E-state index contributed by atoms with van der Waals surface area (Å²) in [5, 5.41) is 2.54. The maximum atomic E-state index is 7.08. The average molecular weight is 865 g/mol. The molecule has 2 aliphatic carbocycles. The first-order chi connectivity index (χ1) is 29.9. The predicted molar refractivity (Wildman–Crippen MR) is 266 cm³/mol. The Kier molecular flexibility index (Phi) is 17.1. The zero-order chi connectivity index (χ0) is 42.7. The summed E-state index contributed by atoms with van der Waals surface area (Å²) in [6.45, 7) is 15.3. The molecule has 0 fully saturated rings. The van der Waals surface area contributed by atoms with Crippen LogP contribution in [0.2, 0.25) is 0 Å². The summed E-state index contributed by atoms with van der Waals surface area (Å²) in [6, 6.07) is 14.6. The van der Waals surface area contributed by atoms with E-state index in [0.717, 1.165) is 56.8 Å². The molecule has 0 amide bonds. The Morgan fingerprint density at radius 3 is 1.54 bits per heavy atom. The quantitative estimate of drug-likeness (QED) is 0.0431. The molecule has 7 rings (SSSR count). The molecule has 2 aromatic carbocycles. The second-order valence-corrected chi connectivity index (χ2v) is 21.3. The zero-order valence-corrected chi connectivity index (χ0v) is 40.9. The maximum Gasteiger partial charge on any atom is 0.141 e. The van der Waals surface area contributed by atoms with E-state index < -0.39 is 11.2 Å². The van der Waals surface area contributed by atoms with E-state index in [2.05, 4.69) is 77.9 Å². The molecule has 0 bridgehead atoms. The standard InChI is InChI=1S/C56H80O3S2/c1-7-11-15-17-19-21-23-25-27-29-31-43-39-49-52(59-43)45-35-41-38-48-46(36-42(41)37-47(45)55(49,5)57-33-13-9-3)53-51(56(48,6)58-34-14-10-4)54-50(61-53)40-44(60-54)32-30-28-26-24-22-20-18-16-12-8-2/h35-40H,7-34H2,1-6H3. The molecule has 3 heterocycles. The number of furan rings is 1. The van der Waals surface area contributed by atoms with Crippen LogP contribution in [0.3, 0.4) is 0 Å². The lowest BCUT2D eigenvalue weighted by molar-refractivity contribution is -0.00226. The minimum absolute atomic E-state index is 0.472. The Hall–Kier alpha value is -2.44. The maximum absolute atomic E-state index is 7.08. The van der Waals surface area contributed by atoms with Gasteiger partial charge in [0, 0.05) is 50.8 Å². The number of fused-ring (bicyclic) bond motifs is 9. The van der Waals surface area contributed by atoms with Crippen molar-refractivity contribution in [3.63, 3.8) is 0 Å². The van der Waals surface area contributed by atoms with Crippen LogP contribution in [-0.4, -0.2) is 13.2 Å². The third-order valence-electron chi connectivity index (χ3n) is 14.2. The number of benzene rings is 2. The van der Waals surface area contributed by atoms with Gasteiger partial charge in [-0.15, -0.1) is 22.7 Å². The fraction of sp³-hybridized carbons (Fsp3) is 0.643. The molecular weight excluding hydrogens is 785 g/mol. The monoisotopic (exact) mass is 865 g/mol. The summed E-state index contributed by atoms with van der Waals surface area (Å²) in [5.41, 5.74) is 6.77. The Morgan fingerprint density at radius 2 is 0.967 bits per heavy atom. The number of rotatable bonds is 30. The Morgan fingerprint density at radius 1 is 0.475 bits per heavy atom. The topological polar surface area (TPSA) is 31.6 Å². The minimum Gasteiger partial charge on any atom is -0.461 e. The molecule has 0 radical (unpaired) electrons. The molecule has 5 aromatic rings. The average Bonchev–Trinajstić information content (AvgIpc) is 4.04. The first-order valence-electron chi connectivity index (χ1n) is 25.5. The van der Waals surface area contributed by atoms with Crippen molar-refractivity contribution in [3.8, 4) is 21.8 Å². The summed E-state index contributed by atoms with van der Waals surface area (Å²) >= 11 is 4.04. The van der Waals surface area contributed by atoms with Gasteiger partial charge in [-0.25, -0.2) is 0 Å². The molecule has 0 saturated carbocycles. The molecule has 0 aliphatic heterocycles. The van der Waals surface area contributed by atoms with Gasteiger partial charge in [0.25, 0.3) is 0 Å². The Bertz CT molecular complexity index is 2130. The number of hydrogen-bond acceptors (Lipinski definition) is 5. The number of thiophene rings is 2. The van der Waals surface area contributed by atoms with Crippen LogP contribution in [0.25, 0.3) is 41.9 Å². The SMILES string of the molecule is CCCCCCCCCCCCc1cc2c(o1)-c1cc3cc4c(cc3cc1C2(C)OCCCC)-c1sc2cc(CCCCCCCCCCCC)sc2c1C4(C)OCCCC. The number of ether oxygens (including phenoxy) is 2. The van der Waals surface area contributed by atoms with Crippen LogP contribution in [0, 0.1) is 0 Å². The lowest BCUT2D eigenvalue weighted by atomic mass is 9.88.